The van der Waals surface area contributed by atoms with Crippen LogP contribution in [0, 0.1) is 0 Å². The highest BCUT2D eigenvalue weighted by molar-refractivity contribution is 6.30. The number of aromatic nitrogens is 4. The van der Waals surface area contributed by atoms with Gasteiger partial charge in [-0.25, -0.2) is 9.67 Å². The Bertz CT molecular complexity index is 1140. The second kappa shape index (κ2) is 8.71. The molecule has 2 heterocycles. The van der Waals surface area contributed by atoms with E-state index in [2.05, 4.69) is 10.1 Å². The summed E-state index contributed by atoms with van der Waals surface area (Å²) in [5.41, 5.74) is -5.78. The molecule has 1 atom stereocenters. The van der Waals surface area contributed by atoms with Crippen molar-refractivity contribution in [3.8, 4) is 5.69 Å². The third-order valence-corrected chi connectivity index (χ3v) is 5.04. The Kier molecular flexibility index (Phi) is 6.48. The van der Waals surface area contributed by atoms with E-state index in [4.69, 9.17) is 11.6 Å². The van der Waals surface area contributed by atoms with Gasteiger partial charge in [0.1, 0.15) is 5.82 Å². The fraction of sp³-hybridized carbons (Fsp3) is 0.316. The Labute approximate surface area is 187 Å². The summed E-state index contributed by atoms with van der Waals surface area (Å²) in [7, 11) is 1.23. The molecule has 3 aromatic rings. The first-order valence-corrected chi connectivity index (χ1v) is 9.60. The minimum Gasteiger partial charge on any atom is -0.374 e. The van der Waals surface area contributed by atoms with Gasteiger partial charge in [-0.1, -0.05) is 11.6 Å². The summed E-state index contributed by atoms with van der Waals surface area (Å²) in [5.74, 6) is -2.04. The molecule has 0 unspecified atom stereocenters. The summed E-state index contributed by atoms with van der Waals surface area (Å²) in [6, 6.07) is 5.16. The predicted molar refractivity (Wildman–Crippen MR) is 104 cm³/mol. The fourth-order valence-corrected chi connectivity index (χ4v) is 3.29. The second-order valence-electron chi connectivity index (χ2n) is 7.02. The number of hydrogen-bond donors (Lipinski definition) is 2. The van der Waals surface area contributed by atoms with Crippen molar-refractivity contribution in [2.24, 2.45) is 7.05 Å². The number of alkyl halides is 6. The van der Waals surface area contributed by atoms with Gasteiger partial charge >= 0.3 is 12.4 Å². The normalized spacial score (nSPS) is 14.2. The smallest absolute Gasteiger partial charge is 0.374 e. The second-order valence-corrected chi connectivity index (χ2v) is 7.45. The Balaban J connectivity index is 1.85. The first kappa shape index (κ1) is 24.6. The number of rotatable bonds is 6. The Morgan fingerprint density at radius 2 is 1.79 bits per heavy atom. The number of carbonyl (C=O) groups is 1. The van der Waals surface area contributed by atoms with Crippen LogP contribution in [-0.4, -0.2) is 43.1 Å². The van der Waals surface area contributed by atoms with Crippen LogP contribution in [0.15, 0.2) is 42.9 Å². The zero-order valence-electron chi connectivity index (χ0n) is 16.7. The van der Waals surface area contributed by atoms with Crippen molar-refractivity contribution < 1.29 is 36.2 Å². The van der Waals surface area contributed by atoms with Crippen LogP contribution in [0.25, 0.3) is 5.69 Å². The Hall–Kier alpha value is -3.06. The van der Waals surface area contributed by atoms with Gasteiger partial charge in [-0.2, -0.15) is 31.4 Å². The summed E-state index contributed by atoms with van der Waals surface area (Å²) in [4.78, 5) is 15.9. The van der Waals surface area contributed by atoms with E-state index in [9.17, 15) is 36.2 Å². The molecule has 1 amide bonds. The number of hydrogen-bond acceptors (Lipinski definition) is 4. The number of carbonyl (C=O) groups excluding carboxylic acids is 1. The maximum Gasteiger partial charge on any atom is 0.434 e. The zero-order valence-corrected chi connectivity index (χ0v) is 17.5. The van der Waals surface area contributed by atoms with Crippen molar-refractivity contribution in [3.63, 3.8) is 0 Å². The number of aliphatic hydroxyl groups is 1. The predicted octanol–water partition coefficient (Wildman–Crippen LogP) is 3.85. The average Bonchev–Trinajstić information content (AvgIpc) is 3.34. The molecule has 0 aliphatic carbocycles. The van der Waals surface area contributed by atoms with E-state index in [0.29, 0.717) is 10.9 Å². The van der Waals surface area contributed by atoms with Gasteiger partial charge in [0.25, 0.3) is 5.91 Å². The topological polar surface area (TPSA) is 85.0 Å². The Morgan fingerprint density at radius 1 is 1.15 bits per heavy atom. The van der Waals surface area contributed by atoms with Gasteiger partial charge in [0.05, 0.1) is 17.4 Å². The SMILES string of the molecule is Cn1ccnc1[C@](O)(CCNC(=O)c1cnn(-c2ccc(Cl)cc2)c1C(F)(F)F)C(F)(F)F. The van der Waals surface area contributed by atoms with Crippen molar-refractivity contribution in [3.05, 3.63) is 65.0 Å². The number of aryl methyl sites for hydroxylation is 1. The fourth-order valence-electron chi connectivity index (χ4n) is 3.16. The van der Waals surface area contributed by atoms with Crippen LogP contribution in [0.2, 0.25) is 5.02 Å². The van der Waals surface area contributed by atoms with Gasteiger partial charge < -0.3 is 15.0 Å². The lowest BCUT2D eigenvalue weighted by molar-refractivity contribution is -0.272. The van der Waals surface area contributed by atoms with Crippen molar-refractivity contribution >= 4 is 17.5 Å². The molecule has 33 heavy (non-hydrogen) atoms. The van der Waals surface area contributed by atoms with E-state index in [0.717, 1.165) is 10.8 Å². The lowest BCUT2D eigenvalue weighted by Crippen LogP contribution is -2.46. The average molecular weight is 496 g/mol. The molecule has 2 N–H and O–H groups in total. The molecule has 178 valence electrons. The molecule has 0 fully saturated rings. The summed E-state index contributed by atoms with van der Waals surface area (Å²) in [5, 5.41) is 16.1. The lowest BCUT2D eigenvalue weighted by atomic mass is 9.97. The van der Waals surface area contributed by atoms with Crippen molar-refractivity contribution in [1.29, 1.82) is 0 Å². The van der Waals surface area contributed by atoms with E-state index < -0.39 is 53.9 Å². The summed E-state index contributed by atoms with van der Waals surface area (Å²) in [6.45, 7) is -0.800. The number of benzene rings is 1. The molecule has 0 aliphatic heterocycles. The van der Waals surface area contributed by atoms with E-state index >= 15 is 0 Å². The summed E-state index contributed by atoms with van der Waals surface area (Å²) < 4.78 is 83.2. The minimum atomic E-state index is -5.16. The van der Waals surface area contributed by atoms with Crippen LogP contribution in [-0.2, 0) is 18.8 Å². The highest BCUT2D eigenvalue weighted by Crippen LogP contribution is 2.40. The first-order chi connectivity index (χ1) is 15.3. The largest absolute Gasteiger partial charge is 0.434 e. The molecule has 0 radical (unpaired) electrons. The summed E-state index contributed by atoms with van der Waals surface area (Å²) >= 11 is 5.73. The molecule has 7 nitrogen and oxygen atoms in total. The molecule has 0 bridgehead atoms. The quantitative estimate of drug-likeness (QED) is 0.509. The van der Waals surface area contributed by atoms with Crippen LogP contribution >= 0.6 is 11.6 Å². The molecule has 0 aliphatic rings. The first-order valence-electron chi connectivity index (χ1n) is 9.22. The van der Waals surface area contributed by atoms with Gasteiger partial charge in [0.2, 0.25) is 5.60 Å². The lowest BCUT2D eigenvalue weighted by Gasteiger charge is -2.30. The minimum absolute atomic E-state index is 0.0352. The van der Waals surface area contributed by atoms with Crippen LogP contribution < -0.4 is 5.32 Å². The monoisotopic (exact) mass is 495 g/mol. The molecule has 2 aromatic heterocycles. The van der Waals surface area contributed by atoms with Gasteiger partial charge in [0.15, 0.2) is 5.69 Å². The molecule has 14 heteroatoms. The van der Waals surface area contributed by atoms with Gasteiger partial charge in [-0.3, -0.25) is 4.79 Å². The maximum atomic E-state index is 13.7. The molecule has 0 spiro atoms. The van der Waals surface area contributed by atoms with E-state index in [1.807, 2.05) is 5.32 Å². The molecule has 0 saturated heterocycles. The molecule has 1 aromatic carbocycles. The van der Waals surface area contributed by atoms with Crippen molar-refractivity contribution in [1.82, 2.24) is 24.6 Å². The highest BCUT2D eigenvalue weighted by atomic mass is 35.5. The number of imidazole rings is 1. The van der Waals surface area contributed by atoms with Gasteiger partial charge in [-0.15, -0.1) is 0 Å². The van der Waals surface area contributed by atoms with E-state index in [1.165, 1.54) is 37.5 Å². The maximum absolute atomic E-state index is 13.7. The van der Waals surface area contributed by atoms with Crippen LogP contribution in [0.5, 0.6) is 0 Å². The Morgan fingerprint density at radius 3 is 2.30 bits per heavy atom. The van der Waals surface area contributed by atoms with Gasteiger partial charge in [-0.05, 0) is 24.3 Å². The number of nitrogens with zero attached hydrogens (tertiary/aromatic N) is 4. The van der Waals surface area contributed by atoms with E-state index in [-0.39, 0.29) is 10.7 Å². The van der Waals surface area contributed by atoms with Crippen molar-refractivity contribution in [2.45, 2.75) is 24.4 Å². The van der Waals surface area contributed by atoms with Crippen LogP contribution in [0.4, 0.5) is 26.3 Å². The summed E-state index contributed by atoms with van der Waals surface area (Å²) in [6.07, 6.45) is -8.37. The number of halogens is 7. The zero-order chi connectivity index (χ0) is 24.6. The van der Waals surface area contributed by atoms with Crippen LogP contribution in [0.3, 0.4) is 0 Å². The van der Waals surface area contributed by atoms with Crippen LogP contribution in [0.1, 0.15) is 28.3 Å². The number of nitrogens with one attached hydrogen (secondary N) is 1. The van der Waals surface area contributed by atoms with Gasteiger partial charge in [0, 0.05) is 37.4 Å². The molecular weight excluding hydrogens is 480 g/mol. The standard InChI is InChI=1S/C19H16ClF6N5O2/c1-30-9-8-28-16(30)17(33,19(24,25)26)6-7-27-15(32)13-10-29-31(14(13)18(21,22)23)12-4-2-11(20)3-5-12/h2-5,8-10,33H,6-7H2,1H3,(H,27,32)/t17-/m1/s1. The molecule has 0 saturated carbocycles. The third-order valence-electron chi connectivity index (χ3n) is 4.79. The van der Waals surface area contributed by atoms with E-state index in [1.54, 1.807) is 0 Å². The van der Waals surface area contributed by atoms with Crippen molar-refractivity contribution in [2.75, 3.05) is 6.54 Å². The molecule has 3 rings (SSSR count). The number of amides is 1. The third kappa shape index (κ3) is 4.83. The molecular formula is C19H16ClF6N5O2. The highest BCUT2D eigenvalue weighted by Gasteiger charge is 2.57.